The molecule has 3 aromatic rings. The molecule has 1 aliphatic rings. The van der Waals surface area contributed by atoms with Crippen LogP contribution in [0.15, 0.2) is 40.4 Å². The van der Waals surface area contributed by atoms with Crippen LogP contribution < -0.4 is 0 Å². The van der Waals surface area contributed by atoms with Crippen molar-refractivity contribution in [3.63, 3.8) is 0 Å². The molecule has 0 bridgehead atoms. The number of halogens is 3. The van der Waals surface area contributed by atoms with Gasteiger partial charge in [0.05, 0.1) is 17.0 Å². The summed E-state index contributed by atoms with van der Waals surface area (Å²) in [5, 5.41) is 9.28. The van der Waals surface area contributed by atoms with Crippen LogP contribution in [0.5, 0.6) is 0 Å². The van der Waals surface area contributed by atoms with Gasteiger partial charge >= 0.3 is 6.18 Å². The largest absolute Gasteiger partial charge is 0.433 e. The predicted octanol–water partition coefficient (Wildman–Crippen LogP) is 3.51. The number of pyridine rings is 1. The van der Waals surface area contributed by atoms with Gasteiger partial charge in [-0.1, -0.05) is 18.2 Å². The molecule has 6 nitrogen and oxygen atoms in total. The highest BCUT2D eigenvalue weighted by Gasteiger charge is 2.34. The molecule has 0 amide bonds. The number of hydrogen-bond acceptors (Lipinski definition) is 6. The van der Waals surface area contributed by atoms with Crippen LogP contribution in [-0.2, 0) is 29.5 Å². The molecule has 1 aromatic carbocycles. The molecule has 0 radical (unpaired) electrons. The second-order valence-electron chi connectivity index (χ2n) is 7.05. The molecule has 1 saturated heterocycles. The van der Waals surface area contributed by atoms with Crippen LogP contribution in [0.4, 0.5) is 13.2 Å². The van der Waals surface area contributed by atoms with E-state index in [-0.39, 0.29) is 22.9 Å². The van der Waals surface area contributed by atoms with E-state index < -0.39 is 21.7 Å². The predicted molar refractivity (Wildman–Crippen MR) is 102 cm³/mol. The second kappa shape index (κ2) is 7.28. The highest BCUT2D eigenvalue weighted by Crippen LogP contribution is 2.37. The summed E-state index contributed by atoms with van der Waals surface area (Å²) in [4.78, 5) is 4.10. The molecule has 0 unspecified atom stereocenters. The Morgan fingerprint density at radius 3 is 2.69 bits per heavy atom. The van der Waals surface area contributed by atoms with E-state index in [0.29, 0.717) is 34.1 Å². The molecule has 1 atom stereocenters. The van der Waals surface area contributed by atoms with Crippen molar-refractivity contribution in [1.82, 2.24) is 19.7 Å². The lowest BCUT2D eigenvalue weighted by Gasteiger charge is -2.11. The van der Waals surface area contributed by atoms with Crippen LogP contribution in [0.25, 0.3) is 10.9 Å². The molecule has 154 valence electrons. The van der Waals surface area contributed by atoms with Gasteiger partial charge in [0.2, 0.25) is 0 Å². The molecule has 1 fully saturated rings. The Kier molecular flexibility index (Phi) is 5.06. The topological polar surface area (TPSA) is 77.7 Å². The van der Waals surface area contributed by atoms with E-state index in [1.54, 1.807) is 29.8 Å². The lowest BCUT2D eigenvalue weighted by molar-refractivity contribution is -0.141. The fourth-order valence-corrected chi connectivity index (χ4v) is 6.21. The molecular weight excluding hydrogens is 425 g/mol. The van der Waals surface area contributed by atoms with Crippen LogP contribution in [-0.4, -0.2) is 39.7 Å². The van der Waals surface area contributed by atoms with E-state index in [1.807, 2.05) is 0 Å². The van der Waals surface area contributed by atoms with Gasteiger partial charge in [0, 0.05) is 23.8 Å². The maximum atomic E-state index is 13.3. The molecule has 0 saturated carbocycles. The summed E-state index contributed by atoms with van der Waals surface area (Å²) in [6.07, 6.45) is -3.51. The number of nitrogens with zero attached hydrogens (tertiary/aromatic N) is 4. The van der Waals surface area contributed by atoms with Gasteiger partial charge in [-0.2, -0.15) is 13.2 Å². The summed E-state index contributed by atoms with van der Waals surface area (Å²) < 4.78 is 64.8. The normalized spacial score (nSPS) is 19.1. The first-order valence-corrected chi connectivity index (χ1v) is 11.5. The van der Waals surface area contributed by atoms with Gasteiger partial charge in [-0.05, 0) is 36.2 Å². The van der Waals surface area contributed by atoms with Crippen molar-refractivity contribution in [1.29, 1.82) is 0 Å². The number of benzene rings is 1. The SMILES string of the molecule is Cn1c(C[C@@H]2CCS(=O)(=O)C2)nnc1Sc1cc(C(F)(F)F)nc2ccccc12. The molecule has 2 aromatic heterocycles. The Morgan fingerprint density at radius 2 is 2.00 bits per heavy atom. The summed E-state index contributed by atoms with van der Waals surface area (Å²) in [5.74, 6) is 0.912. The van der Waals surface area contributed by atoms with Gasteiger partial charge in [0.1, 0.15) is 11.5 Å². The fraction of sp³-hybridized carbons (Fsp3) is 0.389. The first-order chi connectivity index (χ1) is 13.6. The molecule has 11 heteroatoms. The Hall–Kier alpha value is -2.14. The van der Waals surface area contributed by atoms with Crippen LogP contribution in [0.3, 0.4) is 0 Å². The van der Waals surface area contributed by atoms with Crippen molar-refractivity contribution < 1.29 is 21.6 Å². The summed E-state index contributed by atoms with van der Waals surface area (Å²) in [6.45, 7) is 0. The lowest BCUT2D eigenvalue weighted by atomic mass is 10.1. The second-order valence-corrected chi connectivity index (χ2v) is 10.3. The lowest BCUT2D eigenvalue weighted by Crippen LogP contribution is -2.11. The number of aromatic nitrogens is 4. The summed E-state index contributed by atoms with van der Waals surface area (Å²) in [6, 6.07) is 7.65. The van der Waals surface area contributed by atoms with Crippen molar-refractivity contribution in [3.05, 3.63) is 41.9 Å². The standard InChI is InChI=1S/C18H17F3N4O2S2/c1-25-16(8-11-6-7-29(26,27)10-11)23-24-17(25)28-14-9-15(18(19,20)21)22-13-5-3-2-4-12(13)14/h2-5,9,11H,6-8,10H2,1H3/t11-/m0/s1. The third kappa shape index (κ3) is 4.25. The molecule has 0 N–H and O–H groups in total. The third-order valence-corrected chi connectivity index (χ3v) is 7.83. The van der Waals surface area contributed by atoms with Crippen LogP contribution in [0.2, 0.25) is 0 Å². The van der Waals surface area contributed by atoms with Gasteiger partial charge in [-0.15, -0.1) is 10.2 Å². The van der Waals surface area contributed by atoms with E-state index in [2.05, 4.69) is 15.2 Å². The summed E-state index contributed by atoms with van der Waals surface area (Å²) in [7, 11) is -1.26. The number of alkyl halides is 3. The molecule has 0 aliphatic carbocycles. The Labute approximate surface area is 169 Å². The van der Waals surface area contributed by atoms with Crippen molar-refractivity contribution in [2.24, 2.45) is 13.0 Å². The highest BCUT2D eigenvalue weighted by atomic mass is 32.2. The average Bonchev–Trinajstić information content (AvgIpc) is 3.17. The van der Waals surface area contributed by atoms with Gasteiger partial charge in [-0.3, -0.25) is 0 Å². The first-order valence-electron chi connectivity index (χ1n) is 8.86. The quantitative estimate of drug-likeness (QED) is 0.615. The maximum Gasteiger partial charge on any atom is 0.433 e. The molecule has 29 heavy (non-hydrogen) atoms. The van der Waals surface area contributed by atoms with E-state index >= 15 is 0 Å². The molecule has 0 spiro atoms. The Morgan fingerprint density at radius 1 is 1.24 bits per heavy atom. The van der Waals surface area contributed by atoms with Crippen LogP contribution >= 0.6 is 11.8 Å². The minimum Gasteiger partial charge on any atom is -0.309 e. The van der Waals surface area contributed by atoms with E-state index in [0.717, 1.165) is 17.8 Å². The molecular formula is C18H17F3N4O2S2. The van der Waals surface area contributed by atoms with Crippen LogP contribution in [0.1, 0.15) is 17.9 Å². The Balaban J connectivity index is 1.65. The zero-order valence-corrected chi connectivity index (χ0v) is 17.0. The molecule has 3 heterocycles. The zero-order chi connectivity index (χ0) is 20.8. The number of rotatable bonds is 4. The van der Waals surface area contributed by atoms with Crippen molar-refractivity contribution in [2.45, 2.75) is 29.1 Å². The zero-order valence-electron chi connectivity index (χ0n) is 15.3. The summed E-state index contributed by atoms with van der Waals surface area (Å²) >= 11 is 1.08. The fourth-order valence-electron chi connectivity index (χ4n) is 3.37. The maximum absolute atomic E-state index is 13.3. The monoisotopic (exact) mass is 442 g/mol. The van der Waals surface area contributed by atoms with Gasteiger partial charge in [-0.25, -0.2) is 13.4 Å². The smallest absolute Gasteiger partial charge is 0.309 e. The van der Waals surface area contributed by atoms with Gasteiger partial charge in [0.15, 0.2) is 15.0 Å². The third-order valence-electron chi connectivity index (χ3n) is 4.89. The molecule has 1 aliphatic heterocycles. The number of fused-ring (bicyclic) bond motifs is 1. The van der Waals surface area contributed by atoms with Crippen LogP contribution in [0, 0.1) is 5.92 Å². The average molecular weight is 442 g/mol. The first kappa shape index (κ1) is 20.1. The van der Waals surface area contributed by atoms with E-state index in [9.17, 15) is 21.6 Å². The number of hydrogen-bond donors (Lipinski definition) is 0. The Bertz CT molecular complexity index is 1180. The van der Waals surface area contributed by atoms with Crippen molar-refractivity contribution >= 4 is 32.5 Å². The minimum absolute atomic E-state index is 0.0145. The van der Waals surface area contributed by atoms with Gasteiger partial charge < -0.3 is 4.57 Å². The number of para-hydroxylation sites is 1. The summed E-state index contributed by atoms with van der Waals surface area (Å²) in [5.41, 5.74) is -0.708. The van der Waals surface area contributed by atoms with Crippen molar-refractivity contribution in [2.75, 3.05) is 11.5 Å². The minimum atomic E-state index is -4.56. The molecule has 4 rings (SSSR count). The highest BCUT2D eigenvalue weighted by molar-refractivity contribution is 7.99. The van der Waals surface area contributed by atoms with E-state index in [1.165, 1.54) is 6.07 Å². The van der Waals surface area contributed by atoms with Gasteiger partial charge in [0.25, 0.3) is 0 Å². The van der Waals surface area contributed by atoms with Crippen molar-refractivity contribution in [3.8, 4) is 0 Å². The number of sulfone groups is 1. The van der Waals surface area contributed by atoms with E-state index in [4.69, 9.17) is 0 Å².